The van der Waals surface area contributed by atoms with E-state index < -0.39 is 16.8 Å². The number of aromatic nitrogens is 2. The van der Waals surface area contributed by atoms with Gasteiger partial charge in [0, 0.05) is 30.7 Å². The number of Topliss-reactive ketones (excluding diaryl/α,β-unsaturated/α-hetero) is 1. The highest BCUT2D eigenvalue weighted by Gasteiger charge is 2.25. The smallest absolute Gasteiger partial charge is 0.303 e. The lowest BCUT2D eigenvalue weighted by Gasteiger charge is -2.15. The van der Waals surface area contributed by atoms with Crippen molar-refractivity contribution in [3.05, 3.63) is 69.7 Å². The first kappa shape index (κ1) is 21.0. The second-order valence-electron chi connectivity index (χ2n) is 6.82. The number of carbonyl (C=O) groups is 2. The van der Waals surface area contributed by atoms with Gasteiger partial charge < -0.3 is 9.84 Å². The number of fused-ring (bicyclic) bond motifs is 1. The van der Waals surface area contributed by atoms with Gasteiger partial charge in [0.2, 0.25) is 0 Å². The monoisotopic (exact) mass is 411 g/mol. The molecule has 0 fully saturated rings. The number of carbonyl (C=O) groups excluding carboxylic acids is 1. The Morgan fingerprint density at radius 3 is 2.70 bits per heavy atom. The number of carboxylic acids is 1. The van der Waals surface area contributed by atoms with Crippen LogP contribution in [-0.4, -0.2) is 37.8 Å². The molecule has 0 spiro atoms. The topological polar surface area (TPSA) is 124 Å². The predicted octanol–water partition coefficient (Wildman–Crippen LogP) is 3.78. The number of nitro groups is 1. The number of nitrogens with zero attached hydrogens (tertiary/aromatic N) is 3. The highest BCUT2D eigenvalue weighted by atomic mass is 16.6. The lowest BCUT2D eigenvalue weighted by Crippen LogP contribution is -2.14. The molecule has 1 N–H and O–H groups in total. The van der Waals surface area contributed by atoms with E-state index in [-0.39, 0.29) is 24.3 Å². The maximum absolute atomic E-state index is 13.2. The molecule has 0 aliphatic heterocycles. The molecular weight excluding hydrogens is 390 g/mol. The molecule has 0 aliphatic rings. The van der Waals surface area contributed by atoms with Gasteiger partial charge in [0.1, 0.15) is 5.69 Å². The summed E-state index contributed by atoms with van der Waals surface area (Å²) in [6, 6.07) is 9.23. The van der Waals surface area contributed by atoms with Crippen molar-refractivity contribution in [1.82, 2.24) is 9.38 Å². The molecule has 0 saturated carbocycles. The van der Waals surface area contributed by atoms with Gasteiger partial charge in [0.05, 0.1) is 23.6 Å². The number of imidazole rings is 1. The Hall–Kier alpha value is -3.75. The average molecular weight is 411 g/mol. The summed E-state index contributed by atoms with van der Waals surface area (Å²) < 4.78 is 7.20. The number of ether oxygens (including phenoxy) is 1. The van der Waals surface area contributed by atoms with Gasteiger partial charge in [-0.25, -0.2) is 4.98 Å². The van der Waals surface area contributed by atoms with E-state index in [4.69, 9.17) is 4.74 Å². The quantitative estimate of drug-likeness (QED) is 0.323. The van der Waals surface area contributed by atoms with Crippen molar-refractivity contribution in [3.63, 3.8) is 0 Å². The van der Waals surface area contributed by atoms with Crippen molar-refractivity contribution in [2.24, 2.45) is 0 Å². The van der Waals surface area contributed by atoms with Crippen LogP contribution in [-0.2, 0) is 4.79 Å². The number of aryl methyl sites for hydroxylation is 1. The van der Waals surface area contributed by atoms with Gasteiger partial charge in [-0.15, -0.1) is 0 Å². The maximum Gasteiger partial charge on any atom is 0.303 e. The second-order valence-corrected chi connectivity index (χ2v) is 6.82. The molecule has 0 saturated heterocycles. The third-order valence-corrected chi connectivity index (χ3v) is 4.76. The van der Waals surface area contributed by atoms with E-state index in [1.807, 2.05) is 6.92 Å². The molecule has 1 atom stereocenters. The summed E-state index contributed by atoms with van der Waals surface area (Å²) in [6.45, 7) is 4.00. The molecule has 0 aliphatic carbocycles. The molecule has 30 heavy (non-hydrogen) atoms. The van der Waals surface area contributed by atoms with Crippen LogP contribution < -0.4 is 4.74 Å². The number of hydrogen-bond donors (Lipinski definition) is 1. The van der Waals surface area contributed by atoms with Crippen molar-refractivity contribution in [3.8, 4) is 5.75 Å². The Morgan fingerprint density at radius 1 is 1.27 bits per heavy atom. The Morgan fingerprint density at radius 2 is 2.03 bits per heavy atom. The van der Waals surface area contributed by atoms with E-state index in [1.165, 1.54) is 18.2 Å². The number of nitro benzene ring substituents is 1. The Kier molecular flexibility index (Phi) is 6.10. The van der Waals surface area contributed by atoms with Crippen molar-refractivity contribution in [1.29, 1.82) is 0 Å². The van der Waals surface area contributed by atoms with Crippen LogP contribution in [0.2, 0.25) is 0 Å². The van der Waals surface area contributed by atoms with Gasteiger partial charge >= 0.3 is 5.97 Å². The molecule has 0 bridgehead atoms. The lowest BCUT2D eigenvalue weighted by atomic mass is 9.89. The van der Waals surface area contributed by atoms with Crippen LogP contribution >= 0.6 is 0 Å². The fourth-order valence-electron chi connectivity index (χ4n) is 3.49. The fraction of sp³-hybridized carbons (Fsp3) is 0.286. The molecule has 0 radical (unpaired) electrons. The number of rotatable bonds is 9. The summed E-state index contributed by atoms with van der Waals surface area (Å²) in [5, 5.41) is 20.4. The zero-order valence-corrected chi connectivity index (χ0v) is 16.6. The van der Waals surface area contributed by atoms with Crippen LogP contribution in [0.1, 0.15) is 47.4 Å². The summed E-state index contributed by atoms with van der Waals surface area (Å²) in [5.74, 6) is -1.56. The van der Waals surface area contributed by atoms with E-state index in [0.717, 1.165) is 0 Å². The summed E-state index contributed by atoms with van der Waals surface area (Å²) in [4.78, 5) is 39.5. The Labute approximate surface area is 172 Å². The molecule has 3 aromatic rings. The minimum Gasteiger partial charge on any atom is -0.490 e. The Bertz CT molecular complexity index is 1120. The summed E-state index contributed by atoms with van der Waals surface area (Å²) in [7, 11) is 0. The number of carboxylic acid groups (broad SMARTS) is 1. The first-order chi connectivity index (χ1) is 14.3. The Balaban J connectivity index is 1.98. The van der Waals surface area contributed by atoms with Gasteiger partial charge in [0.25, 0.3) is 5.69 Å². The number of pyridine rings is 1. The van der Waals surface area contributed by atoms with E-state index in [2.05, 4.69) is 4.98 Å². The number of hydrogen-bond acceptors (Lipinski definition) is 6. The molecule has 2 heterocycles. The third kappa shape index (κ3) is 4.29. The molecule has 1 unspecified atom stereocenters. The van der Waals surface area contributed by atoms with Crippen LogP contribution in [0.25, 0.3) is 5.65 Å². The van der Waals surface area contributed by atoms with Crippen LogP contribution in [0.4, 0.5) is 5.69 Å². The zero-order valence-electron chi connectivity index (χ0n) is 16.6. The van der Waals surface area contributed by atoms with Crippen LogP contribution in [0.3, 0.4) is 0 Å². The standard InChI is InChI=1S/C21H21N3O6/c1-3-30-18-8-5-9-23-20(13(2)22-21(18)23)17(25)11-15(12-19(26)27)14-6-4-7-16(10-14)24(28)29/h4-10,15H,3,11-12H2,1-2H3,(H,26,27). The molecular formula is C21H21N3O6. The summed E-state index contributed by atoms with van der Waals surface area (Å²) >= 11 is 0. The molecule has 0 amide bonds. The highest BCUT2D eigenvalue weighted by Crippen LogP contribution is 2.30. The minimum absolute atomic E-state index is 0.124. The number of benzene rings is 1. The summed E-state index contributed by atoms with van der Waals surface area (Å²) in [6.07, 6.45) is 1.25. The van der Waals surface area contributed by atoms with Crippen molar-refractivity contribution >= 4 is 23.1 Å². The average Bonchev–Trinajstić information content (AvgIpc) is 3.04. The van der Waals surface area contributed by atoms with Gasteiger partial charge in [-0.1, -0.05) is 12.1 Å². The molecule has 9 nitrogen and oxygen atoms in total. The first-order valence-electron chi connectivity index (χ1n) is 9.41. The fourth-order valence-corrected chi connectivity index (χ4v) is 3.49. The molecule has 1 aromatic carbocycles. The lowest BCUT2D eigenvalue weighted by molar-refractivity contribution is -0.384. The molecule has 3 rings (SSSR count). The van der Waals surface area contributed by atoms with E-state index in [1.54, 1.807) is 35.7 Å². The minimum atomic E-state index is -1.09. The molecule has 9 heteroatoms. The van der Waals surface area contributed by atoms with Gasteiger partial charge in [0.15, 0.2) is 17.2 Å². The van der Waals surface area contributed by atoms with Crippen molar-refractivity contribution in [2.75, 3.05) is 6.61 Å². The van der Waals surface area contributed by atoms with E-state index >= 15 is 0 Å². The number of ketones is 1. The first-order valence-corrected chi connectivity index (χ1v) is 9.41. The SMILES string of the molecule is CCOc1cccn2c(C(=O)CC(CC(=O)O)c3cccc([N+](=O)[O-])c3)c(C)nc12. The maximum atomic E-state index is 13.2. The van der Waals surface area contributed by atoms with E-state index in [0.29, 0.717) is 35.0 Å². The number of non-ortho nitro benzene ring substituents is 1. The van der Waals surface area contributed by atoms with Crippen LogP contribution in [0.15, 0.2) is 42.6 Å². The third-order valence-electron chi connectivity index (χ3n) is 4.76. The number of aliphatic carboxylic acids is 1. The van der Waals surface area contributed by atoms with Gasteiger partial charge in [-0.3, -0.25) is 24.1 Å². The van der Waals surface area contributed by atoms with Crippen molar-refractivity contribution in [2.45, 2.75) is 32.6 Å². The van der Waals surface area contributed by atoms with Gasteiger partial charge in [-0.05, 0) is 31.5 Å². The van der Waals surface area contributed by atoms with Crippen molar-refractivity contribution < 1.29 is 24.4 Å². The van der Waals surface area contributed by atoms with E-state index in [9.17, 15) is 24.8 Å². The van der Waals surface area contributed by atoms with Gasteiger partial charge in [-0.2, -0.15) is 0 Å². The predicted molar refractivity (Wildman–Crippen MR) is 108 cm³/mol. The van der Waals surface area contributed by atoms with Crippen LogP contribution in [0.5, 0.6) is 5.75 Å². The van der Waals surface area contributed by atoms with Crippen LogP contribution in [0, 0.1) is 17.0 Å². The largest absolute Gasteiger partial charge is 0.490 e. The molecule has 156 valence electrons. The second kappa shape index (κ2) is 8.73. The zero-order chi connectivity index (χ0) is 21.8. The summed E-state index contributed by atoms with van der Waals surface area (Å²) in [5.41, 5.74) is 1.63. The highest BCUT2D eigenvalue weighted by molar-refractivity contribution is 5.97. The normalized spacial score (nSPS) is 11.9. The molecule has 2 aromatic heterocycles.